The first-order valence-corrected chi connectivity index (χ1v) is 7.93. The van der Waals surface area contributed by atoms with Crippen LogP contribution in [-0.4, -0.2) is 28.9 Å². The molecule has 3 rings (SSSR count). The van der Waals surface area contributed by atoms with Crippen LogP contribution in [0.15, 0.2) is 24.4 Å². The molecule has 1 fully saturated rings. The van der Waals surface area contributed by atoms with Crippen LogP contribution in [0.5, 0.6) is 5.75 Å². The van der Waals surface area contributed by atoms with Gasteiger partial charge in [-0.3, -0.25) is 4.79 Å². The average Bonchev–Trinajstić information content (AvgIpc) is 2.83. The van der Waals surface area contributed by atoms with Crippen molar-refractivity contribution < 1.29 is 9.53 Å². The Morgan fingerprint density at radius 1 is 1.45 bits per heavy atom. The van der Waals surface area contributed by atoms with E-state index in [-0.39, 0.29) is 5.91 Å². The number of hydrogen-bond donors (Lipinski definition) is 2. The van der Waals surface area contributed by atoms with Gasteiger partial charge in [-0.05, 0) is 43.5 Å². The molecule has 22 heavy (non-hydrogen) atoms. The summed E-state index contributed by atoms with van der Waals surface area (Å²) in [7, 11) is 1.65. The third-order valence-electron chi connectivity index (χ3n) is 4.41. The summed E-state index contributed by atoms with van der Waals surface area (Å²) in [6.45, 7) is 2.33. The number of aromatic nitrogens is 1. The molecular weight excluding hydrogens is 323 g/mol. The molecule has 1 aliphatic carbocycles. The van der Waals surface area contributed by atoms with Crippen molar-refractivity contribution >= 4 is 40.0 Å². The normalized spacial score (nSPS) is 22.5. The number of amides is 1. The van der Waals surface area contributed by atoms with Gasteiger partial charge in [-0.15, -0.1) is 23.2 Å². The summed E-state index contributed by atoms with van der Waals surface area (Å²) in [5.41, 5.74) is 1.52. The monoisotopic (exact) mass is 340 g/mol. The first-order chi connectivity index (χ1) is 10.4. The Bertz CT molecular complexity index is 726. The standard InChI is InChI=1S/C16H18Cl2N2O2/c1-15(9-16(15,17)18)14(21)19-6-5-10-8-20-13-4-3-11(22-2)7-12(10)13/h3-4,7-8,20H,5-6,9H2,1-2H3,(H,19,21). The van der Waals surface area contributed by atoms with Gasteiger partial charge in [-0.1, -0.05) is 0 Å². The smallest absolute Gasteiger partial charge is 0.229 e. The molecule has 118 valence electrons. The number of nitrogens with one attached hydrogen (secondary N) is 2. The van der Waals surface area contributed by atoms with E-state index in [9.17, 15) is 4.79 Å². The zero-order chi connectivity index (χ0) is 16.0. The van der Waals surface area contributed by atoms with E-state index in [2.05, 4.69) is 10.3 Å². The summed E-state index contributed by atoms with van der Waals surface area (Å²) in [5, 5.41) is 4.03. The average molecular weight is 341 g/mol. The first kappa shape index (κ1) is 15.5. The molecule has 1 heterocycles. The number of methoxy groups -OCH3 is 1. The Morgan fingerprint density at radius 2 is 2.18 bits per heavy atom. The van der Waals surface area contributed by atoms with Crippen molar-refractivity contribution in [2.24, 2.45) is 5.41 Å². The van der Waals surface area contributed by atoms with Crippen LogP contribution in [0.25, 0.3) is 10.9 Å². The Kier molecular flexibility index (Phi) is 3.77. The minimum Gasteiger partial charge on any atom is -0.497 e. The van der Waals surface area contributed by atoms with Gasteiger partial charge in [0.2, 0.25) is 5.91 Å². The number of carbonyl (C=O) groups excluding carboxylic acids is 1. The van der Waals surface area contributed by atoms with Crippen molar-refractivity contribution in [2.45, 2.75) is 24.1 Å². The van der Waals surface area contributed by atoms with E-state index in [0.29, 0.717) is 13.0 Å². The summed E-state index contributed by atoms with van der Waals surface area (Å²) in [5.74, 6) is 0.729. The van der Waals surface area contributed by atoms with Crippen molar-refractivity contribution in [2.75, 3.05) is 13.7 Å². The van der Waals surface area contributed by atoms with Gasteiger partial charge < -0.3 is 15.0 Å². The molecule has 0 spiro atoms. The third-order valence-corrected chi connectivity index (χ3v) is 5.51. The summed E-state index contributed by atoms with van der Waals surface area (Å²) in [6.07, 6.45) is 3.19. The van der Waals surface area contributed by atoms with Crippen molar-refractivity contribution in [1.29, 1.82) is 0 Å². The molecule has 1 saturated carbocycles. The van der Waals surface area contributed by atoms with Crippen LogP contribution in [0.2, 0.25) is 0 Å². The second-order valence-electron chi connectivity index (χ2n) is 5.94. The van der Waals surface area contributed by atoms with Crippen LogP contribution in [0, 0.1) is 5.41 Å². The van der Waals surface area contributed by atoms with Crippen molar-refractivity contribution in [3.05, 3.63) is 30.0 Å². The number of rotatable bonds is 5. The van der Waals surface area contributed by atoms with Gasteiger partial charge in [0, 0.05) is 23.6 Å². The number of carbonyl (C=O) groups is 1. The quantitative estimate of drug-likeness (QED) is 0.819. The number of halogens is 2. The van der Waals surface area contributed by atoms with Gasteiger partial charge in [-0.2, -0.15) is 0 Å². The van der Waals surface area contributed by atoms with E-state index in [1.165, 1.54) is 0 Å². The van der Waals surface area contributed by atoms with E-state index < -0.39 is 9.75 Å². The maximum atomic E-state index is 12.1. The molecule has 2 aromatic rings. The zero-order valence-electron chi connectivity index (χ0n) is 12.5. The van der Waals surface area contributed by atoms with Gasteiger partial charge in [0.25, 0.3) is 0 Å². The summed E-state index contributed by atoms with van der Waals surface area (Å²) < 4.78 is 4.33. The van der Waals surface area contributed by atoms with Gasteiger partial charge in [0.15, 0.2) is 0 Å². The predicted molar refractivity (Wildman–Crippen MR) is 88.7 cm³/mol. The molecule has 1 aromatic heterocycles. The minimum absolute atomic E-state index is 0.0880. The molecule has 1 unspecified atom stereocenters. The summed E-state index contributed by atoms with van der Waals surface area (Å²) in [6, 6.07) is 5.89. The highest BCUT2D eigenvalue weighted by Gasteiger charge is 2.67. The van der Waals surface area contributed by atoms with Crippen LogP contribution in [-0.2, 0) is 11.2 Å². The Balaban J connectivity index is 1.64. The number of benzene rings is 1. The molecule has 4 nitrogen and oxygen atoms in total. The number of alkyl halides is 2. The lowest BCUT2D eigenvalue weighted by atomic mass is 10.1. The van der Waals surface area contributed by atoms with Crippen LogP contribution < -0.4 is 10.1 Å². The minimum atomic E-state index is -0.925. The molecule has 1 aliphatic rings. The number of aromatic amines is 1. The molecular formula is C16H18Cl2N2O2. The van der Waals surface area contributed by atoms with E-state index in [0.717, 1.165) is 28.6 Å². The molecule has 1 atom stereocenters. The molecule has 6 heteroatoms. The lowest BCUT2D eigenvalue weighted by Crippen LogP contribution is -2.34. The Labute approximate surface area is 139 Å². The van der Waals surface area contributed by atoms with Gasteiger partial charge in [0.1, 0.15) is 10.1 Å². The van der Waals surface area contributed by atoms with Crippen LogP contribution >= 0.6 is 23.2 Å². The second-order valence-corrected chi connectivity index (χ2v) is 7.43. The Morgan fingerprint density at radius 3 is 2.82 bits per heavy atom. The third kappa shape index (κ3) is 2.55. The van der Waals surface area contributed by atoms with E-state index >= 15 is 0 Å². The lowest BCUT2D eigenvalue weighted by Gasteiger charge is -2.12. The Hall–Kier alpha value is -1.39. The lowest BCUT2D eigenvalue weighted by molar-refractivity contribution is -0.125. The molecule has 1 amide bonds. The van der Waals surface area contributed by atoms with E-state index in [4.69, 9.17) is 27.9 Å². The fourth-order valence-electron chi connectivity index (χ4n) is 2.64. The highest BCUT2D eigenvalue weighted by molar-refractivity contribution is 6.53. The molecule has 2 N–H and O–H groups in total. The largest absolute Gasteiger partial charge is 0.497 e. The van der Waals surface area contributed by atoms with E-state index in [1.54, 1.807) is 14.0 Å². The second kappa shape index (κ2) is 5.36. The van der Waals surface area contributed by atoms with Crippen LogP contribution in [0.4, 0.5) is 0 Å². The number of hydrogen-bond acceptors (Lipinski definition) is 2. The number of fused-ring (bicyclic) bond motifs is 1. The fraction of sp³-hybridized carbons (Fsp3) is 0.438. The zero-order valence-corrected chi connectivity index (χ0v) is 14.0. The summed E-state index contributed by atoms with van der Waals surface area (Å²) in [4.78, 5) is 15.4. The molecule has 1 aromatic carbocycles. The topological polar surface area (TPSA) is 54.1 Å². The SMILES string of the molecule is COc1ccc2[nH]cc(CCNC(=O)C3(C)CC3(Cl)Cl)c2c1. The van der Waals surface area contributed by atoms with Crippen molar-refractivity contribution in [3.63, 3.8) is 0 Å². The molecule has 0 saturated heterocycles. The van der Waals surface area contributed by atoms with Crippen LogP contribution in [0.3, 0.4) is 0 Å². The van der Waals surface area contributed by atoms with E-state index in [1.807, 2.05) is 24.4 Å². The fourth-order valence-corrected chi connectivity index (χ4v) is 3.35. The first-order valence-electron chi connectivity index (χ1n) is 7.17. The van der Waals surface area contributed by atoms with Crippen molar-refractivity contribution in [3.8, 4) is 5.75 Å². The highest BCUT2D eigenvalue weighted by atomic mass is 35.5. The molecule has 0 bridgehead atoms. The number of H-pyrrole nitrogens is 1. The van der Waals surface area contributed by atoms with Gasteiger partial charge >= 0.3 is 0 Å². The number of ether oxygens (including phenoxy) is 1. The van der Waals surface area contributed by atoms with Gasteiger partial charge in [0.05, 0.1) is 12.5 Å². The van der Waals surface area contributed by atoms with Crippen LogP contribution in [0.1, 0.15) is 18.9 Å². The molecule has 0 radical (unpaired) electrons. The maximum Gasteiger partial charge on any atom is 0.229 e. The summed E-state index contributed by atoms with van der Waals surface area (Å²) >= 11 is 12.0. The van der Waals surface area contributed by atoms with Crippen molar-refractivity contribution in [1.82, 2.24) is 10.3 Å². The maximum absolute atomic E-state index is 12.1. The highest BCUT2D eigenvalue weighted by Crippen LogP contribution is 2.63. The van der Waals surface area contributed by atoms with Gasteiger partial charge in [-0.25, -0.2) is 0 Å². The predicted octanol–water partition coefficient (Wildman–Crippen LogP) is 3.42. The molecule has 0 aliphatic heterocycles.